The van der Waals surface area contributed by atoms with Crippen LogP contribution in [0.4, 0.5) is 0 Å². The van der Waals surface area contributed by atoms with Crippen LogP contribution in [0.25, 0.3) is 0 Å². The molecule has 15 heavy (non-hydrogen) atoms. The maximum Gasteiger partial charge on any atom is 0.184 e. The molecule has 0 unspecified atom stereocenters. The van der Waals surface area contributed by atoms with Crippen LogP contribution in [0.15, 0.2) is 10.2 Å². The van der Waals surface area contributed by atoms with Gasteiger partial charge in [0.1, 0.15) is 0 Å². The quantitative estimate of drug-likeness (QED) is 0.320. The molecule has 8 heteroatoms. The van der Waals surface area contributed by atoms with E-state index in [0.29, 0.717) is 0 Å². The molecule has 0 aromatic carbocycles. The lowest BCUT2D eigenvalue weighted by Crippen LogP contribution is -2.25. The van der Waals surface area contributed by atoms with E-state index >= 15 is 0 Å². The SMILES string of the molecule is CCC.NC(=S)N/N=C/C=N/NC(N)=S. The molecule has 0 bridgehead atoms. The second-order valence-corrected chi connectivity index (χ2v) is 3.10. The number of nitrogens with zero attached hydrogens (tertiary/aromatic N) is 2. The minimum atomic E-state index is 0.0851. The number of rotatable bonds is 3. The van der Waals surface area contributed by atoms with Gasteiger partial charge in [0.2, 0.25) is 0 Å². The van der Waals surface area contributed by atoms with Gasteiger partial charge in [-0.05, 0) is 24.4 Å². The number of nitrogens with one attached hydrogen (secondary N) is 2. The van der Waals surface area contributed by atoms with Gasteiger partial charge in [-0.3, -0.25) is 10.9 Å². The normalized spacial score (nSPS) is 9.47. The lowest BCUT2D eigenvalue weighted by molar-refractivity contribution is 1.03. The molecule has 0 saturated heterocycles. The first-order valence-electron chi connectivity index (χ1n) is 4.20. The van der Waals surface area contributed by atoms with E-state index in [4.69, 9.17) is 11.5 Å². The van der Waals surface area contributed by atoms with Crippen LogP contribution in [0.3, 0.4) is 0 Å². The molecule has 0 aliphatic heterocycles. The number of hydrogen-bond donors (Lipinski definition) is 4. The summed E-state index contributed by atoms with van der Waals surface area (Å²) in [5, 5.41) is 7.28. The van der Waals surface area contributed by atoms with Crippen molar-refractivity contribution in [1.82, 2.24) is 10.9 Å². The van der Waals surface area contributed by atoms with E-state index in [1.165, 1.54) is 18.9 Å². The van der Waals surface area contributed by atoms with Crippen LogP contribution in [0.5, 0.6) is 0 Å². The highest BCUT2D eigenvalue weighted by Crippen LogP contribution is 1.59. The van der Waals surface area contributed by atoms with Crippen LogP contribution in [-0.2, 0) is 0 Å². The smallest absolute Gasteiger partial charge is 0.184 e. The summed E-state index contributed by atoms with van der Waals surface area (Å²) in [6.07, 6.45) is 3.93. The fourth-order valence-electron chi connectivity index (χ4n) is 0.268. The maximum absolute atomic E-state index is 5.06. The van der Waals surface area contributed by atoms with Crippen molar-refractivity contribution in [3.8, 4) is 0 Å². The fourth-order valence-corrected chi connectivity index (χ4v) is 0.374. The predicted molar refractivity (Wildman–Crippen MR) is 72.8 cm³/mol. The Morgan fingerprint density at radius 1 is 1.07 bits per heavy atom. The Balaban J connectivity index is 0. The van der Waals surface area contributed by atoms with Gasteiger partial charge in [-0.15, -0.1) is 0 Å². The maximum atomic E-state index is 5.06. The van der Waals surface area contributed by atoms with Gasteiger partial charge in [-0.1, -0.05) is 20.3 Å². The minimum Gasteiger partial charge on any atom is -0.375 e. The molecule has 0 radical (unpaired) electrons. The molecule has 0 fully saturated rings. The van der Waals surface area contributed by atoms with E-state index in [1.807, 2.05) is 0 Å². The van der Waals surface area contributed by atoms with Gasteiger partial charge < -0.3 is 11.5 Å². The van der Waals surface area contributed by atoms with Gasteiger partial charge in [-0.25, -0.2) is 0 Å². The Hall–Kier alpha value is -1.28. The summed E-state index contributed by atoms with van der Waals surface area (Å²) in [6.45, 7) is 4.25. The van der Waals surface area contributed by atoms with Crippen LogP contribution in [0, 0.1) is 0 Å². The zero-order valence-electron chi connectivity index (χ0n) is 8.73. The van der Waals surface area contributed by atoms with E-state index in [9.17, 15) is 0 Å². The zero-order valence-corrected chi connectivity index (χ0v) is 10.4. The molecule has 0 heterocycles. The minimum absolute atomic E-state index is 0.0851. The topological polar surface area (TPSA) is 101 Å². The number of hydrogen-bond acceptors (Lipinski definition) is 4. The summed E-state index contributed by atoms with van der Waals surface area (Å²) in [6, 6.07) is 0. The van der Waals surface area contributed by atoms with Crippen LogP contribution < -0.4 is 22.3 Å². The van der Waals surface area contributed by atoms with Crippen LogP contribution >= 0.6 is 24.4 Å². The monoisotopic (exact) mass is 248 g/mol. The third kappa shape index (κ3) is 24.5. The van der Waals surface area contributed by atoms with Crippen molar-refractivity contribution in [2.75, 3.05) is 0 Å². The Morgan fingerprint density at radius 3 is 1.53 bits per heavy atom. The second-order valence-electron chi connectivity index (χ2n) is 2.22. The molecule has 0 amide bonds. The summed E-state index contributed by atoms with van der Waals surface area (Å²) in [5.41, 5.74) is 14.8. The molecule has 6 nitrogen and oxygen atoms in total. The Kier molecular flexibility index (Phi) is 13.7. The largest absolute Gasteiger partial charge is 0.375 e. The zero-order chi connectivity index (χ0) is 12.1. The Morgan fingerprint density at radius 2 is 1.33 bits per heavy atom. The van der Waals surface area contributed by atoms with Gasteiger partial charge >= 0.3 is 0 Å². The first kappa shape index (κ1) is 16.2. The molecule has 0 spiro atoms. The molecule has 0 atom stereocenters. The van der Waals surface area contributed by atoms with Gasteiger partial charge in [-0.2, -0.15) is 10.2 Å². The molecule has 0 rings (SSSR count). The van der Waals surface area contributed by atoms with Crippen molar-refractivity contribution in [2.24, 2.45) is 21.7 Å². The van der Waals surface area contributed by atoms with Crippen molar-refractivity contribution in [3.05, 3.63) is 0 Å². The van der Waals surface area contributed by atoms with Crippen LogP contribution in [0.1, 0.15) is 20.3 Å². The summed E-state index contributed by atoms with van der Waals surface area (Å²) in [5.74, 6) is 0. The van der Waals surface area contributed by atoms with Gasteiger partial charge in [0, 0.05) is 0 Å². The average Bonchev–Trinajstić information content (AvgIpc) is 2.11. The highest BCUT2D eigenvalue weighted by Gasteiger charge is 1.77. The van der Waals surface area contributed by atoms with E-state index in [1.54, 1.807) is 0 Å². The van der Waals surface area contributed by atoms with Crippen molar-refractivity contribution in [2.45, 2.75) is 20.3 Å². The molecule has 86 valence electrons. The van der Waals surface area contributed by atoms with Gasteiger partial charge in [0.15, 0.2) is 10.2 Å². The number of thiocarbonyl (C=S) groups is 2. The van der Waals surface area contributed by atoms with Crippen molar-refractivity contribution in [1.29, 1.82) is 0 Å². The lowest BCUT2D eigenvalue weighted by atomic mass is 10.6. The van der Waals surface area contributed by atoms with Crippen LogP contribution in [-0.4, -0.2) is 22.7 Å². The van der Waals surface area contributed by atoms with Crippen LogP contribution in [0.2, 0.25) is 0 Å². The molecular weight excluding hydrogens is 232 g/mol. The summed E-state index contributed by atoms with van der Waals surface area (Å²) >= 11 is 8.93. The van der Waals surface area contributed by atoms with Crippen molar-refractivity contribution >= 4 is 47.1 Å². The highest BCUT2D eigenvalue weighted by molar-refractivity contribution is 7.80. The molecule has 0 aromatic rings. The Labute approximate surface area is 100 Å². The summed E-state index contributed by atoms with van der Waals surface area (Å²) in [4.78, 5) is 0. The molecule has 6 N–H and O–H groups in total. The first-order chi connectivity index (χ1) is 7.04. The average molecular weight is 248 g/mol. The van der Waals surface area contributed by atoms with Gasteiger partial charge in [0.25, 0.3) is 0 Å². The van der Waals surface area contributed by atoms with E-state index in [0.717, 1.165) is 0 Å². The third-order valence-corrected chi connectivity index (χ3v) is 0.748. The molecule has 0 aliphatic carbocycles. The molecule has 0 saturated carbocycles. The Bertz CT molecular complexity index is 214. The summed E-state index contributed by atoms with van der Waals surface area (Å²) in [7, 11) is 0. The summed E-state index contributed by atoms with van der Waals surface area (Å²) < 4.78 is 0. The predicted octanol–water partition coefficient (Wildman–Crippen LogP) is 0.0407. The first-order valence-corrected chi connectivity index (χ1v) is 5.01. The lowest BCUT2D eigenvalue weighted by Gasteiger charge is -1.91. The molecular formula is C7H16N6S2. The third-order valence-electron chi connectivity index (χ3n) is 0.565. The molecule has 0 aliphatic rings. The second kappa shape index (κ2) is 12.7. The number of nitrogens with two attached hydrogens (primary N) is 2. The standard InChI is InChI=1S/C4H8N6S2.C3H8/c5-3(11)9-7-1-2-8-10-4(6)12;1-3-2/h1-2H,(H3,5,9,11)(H3,6,10,12);3H2,1-2H3/b7-1+,8-2+;. The highest BCUT2D eigenvalue weighted by atomic mass is 32.1. The van der Waals surface area contributed by atoms with Crippen molar-refractivity contribution in [3.63, 3.8) is 0 Å². The van der Waals surface area contributed by atoms with Crippen molar-refractivity contribution < 1.29 is 0 Å². The molecule has 0 aromatic heterocycles. The number of hydrazone groups is 2. The van der Waals surface area contributed by atoms with E-state index in [2.05, 4.69) is 59.3 Å². The van der Waals surface area contributed by atoms with E-state index < -0.39 is 0 Å². The van der Waals surface area contributed by atoms with Gasteiger partial charge in [0.05, 0.1) is 12.4 Å². The van der Waals surface area contributed by atoms with E-state index in [-0.39, 0.29) is 10.2 Å². The fraction of sp³-hybridized carbons (Fsp3) is 0.429.